The van der Waals surface area contributed by atoms with Crippen molar-refractivity contribution in [3.63, 3.8) is 0 Å². The zero-order chi connectivity index (χ0) is 23.0. The van der Waals surface area contributed by atoms with Crippen LogP contribution in [0.15, 0.2) is 63.5 Å². The van der Waals surface area contributed by atoms with E-state index in [1.165, 1.54) is 36.2 Å². The predicted molar refractivity (Wildman–Crippen MR) is 122 cm³/mol. The summed E-state index contributed by atoms with van der Waals surface area (Å²) in [7, 11) is 2.75. The number of phenols is 1. The molecule has 1 aromatic heterocycles. The second kappa shape index (κ2) is 8.64. The van der Waals surface area contributed by atoms with Gasteiger partial charge in [0.25, 0.3) is 5.56 Å². The fourth-order valence-corrected chi connectivity index (χ4v) is 4.76. The van der Waals surface area contributed by atoms with E-state index in [2.05, 4.69) is 4.99 Å². The van der Waals surface area contributed by atoms with Crippen LogP contribution in [0, 0.1) is 0 Å². The molecule has 1 aliphatic heterocycles. The number of hydrogen-bond acceptors (Lipinski definition) is 7. The van der Waals surface area contributed by atoms with Gasteiger partial charge in [-0.05, 0) is 48.4 Å². The summed E-state index contributed by atoms with van der Waals surface area (Å²) in [4.78, 5) is 31.1. The minimum atomic E-state index is -0.701. The number of allylic oxidation sites excluding steroid dienone is 1. The van der Waals surface area contributed by atoms with E-state index in [-0.39, 0.29) is 11.3 Å². The number of methoxy groups -OCH3 is 2. The van der Waals surface area contributed by atoms with E-state index >= 15 is 0 Å². The number of hydrogen-bond donors (Lipinski definition) is 1. The number of fused-ring (bicyclic) bond motifs is 1. The van der Waals surface area contributed by atoms with Gasteiger partial charge in [-0.2, -0.15) is 0 Å². The van der Waals surface area contributed by atoms with Crippen molar-refractivity contribution in [2.24, 2.45) is 4.99 Å². The Morgan fingerprint density at radius 2 is 1.94 bits per heavy atom. The normalized spacial score (nSPS) is 15.9. The van der Waals surface area contributed by atoms with Crippen molar-refractivity contribution in [1.29, 1.82) is 0 Å². The molecule has 0 unspecified atom stereocenters. The summed E-state index contributed by atoms with van der Waals surface area (Å²) in [6.45, 7) is 1.72. The van der Waals surface area contributed by atoms with Gasteiger partial charge in [0.1, 0.15) is 0 Å². The average molecular weight is 471 g/mol. The van der Waals surface area contributed by atoms with Gasteiger partial charge in [-0.3, -0.25) is 9.36 Å². The molecule has 0 aliphatic carbocycles. The monoisotopic (exact) mass is 470 g/mol. The molecule has 32 heavy (non-hydrogen) atoms. The fraction of sp³-hybridized carbons (Fsp3) is 0.174. The molecule has 1 atom stereocenters. The van der Waals surface area contributed by atoms with Gasteiger partial charge in [0.05, 0.1) is 36.1 Å². The van der Waals surface area contributed by atoms with E-state index in [0.29, 0.717) is 42.5 Å². The van der Waals surface area contributed by atoms with Crippen molar-refractivity contribution < 1.29 is 19.4 Å². The molecule has 164 valence electrons. The highest BCUT2D eigenvalue weighted by atomic mass is 35.5. The Morgan fingerprint density at radius 1 is 1.22 bits per heavy atom. The van der Waals surface area contributed by atoms with E-state index in [9.17, 15) is 14.7 Å². The van der Waals surface area contributed by atoms with Crippen LogP contribution in [0.3, 0.4) is 0 Å². The van der Waals surface area contributed by atoms with E-state index in [0.717, 1.165) is 0 Å². The zero-order valence-electron chi connectivity index (χ0n) is 17.5. The lowest BCUT2D eigenvalue weighted by molar-refractivity contribution is -0.136. The minimum Gasteiger partial charge on any atom is -0.504 e. The largest absolute Gasteiger partial charge is 0.504 e. The number of esters is 1. The minimum absolute atomic E-state index is 0.00666. The summed E-state index contributed by atoms with van der Waals surface area (Å²) < 4.78 is 12.1. The average Bonchev–Trinajstić information content (AvgIpc) is 3.08. The SMILES string of the molecule is COC(=O)C1=C(C)N=c2s/c(=C\c3ccc(O)c(OC)c3)c(=O)n2[C@@H]1c1ccc(Cl)cc1. The maximum atomic E-state index is 13.5. The zero-order valence-corrected chi connectivity index (χ0v) is 19.0. The molecule has 0 radical (unpaired) electrons. The van der Waals surface area contributed by atoms with Crippen molar-refractivity contribution in [1.82, 2.24) is 4.57 Å². The molecule has 9 heteroatoms. The van der Waals surface area contributed by atoms with E-state index < -0.39 is 12.0 Å². The van der Waals surface area contributed by atoms with Crippen molar-refractivity contribution in [3.8, 4) is 11.5 Å². The molecular weight excluding hydrogens is 452 g/mol. The molecule has 0 amide bonds. The molecule has 0 spiro atoms. The van der Waals surface area contributed by atoms with Gasteiger partial charge in [-0.15, -0.1) is 0 Å². The van der Waals surface area contributed by atoms with Crippen LogP contribution in [0.1, 0.15) is 24.1 Å². The highest BCUT2D eigenvalue weighted by molar-refractivity contribution is 7.07. The second-order valence-electron chi connectivity index (χ2n) is 7.06. The first-order valence-electron chi connectivity index (χ1n) is 9.57. The molecule has 3 aromatic rings. The number of ether oxygens (including phenoxy) is 2. The number of carbonyl (C=O) groups is 1. The van der Waals surface area contributed by atoms with Crippen LogP contribution in [0.5, 0.6) is 11.5 Å². The van der Waals surface area contributed by atoms with Crippen molar-refractivity contribution in [3.05, 3.63) is 89.6 Å². The number of nitrogens with zero attached hydrogens (tertiary/aromatic N) is 2. The summed E-state index contributed by atoms with van der Waals surface area (Å²) in [6, 6.07) is 11.1. The van der Waals surface area contributed by atoms with Gasteiger partial charge in [0.15, 0.2) is 16.3 Å². The summed E-state index contributed by atoms with van der Waals surface area (Å²) >= 11 is 7.26. The maximum Gasteiger partial charge on any atom is 0.338 e. The van der Waals surface area contributed by atoms with Gasteiger partial charge in [-0.1, -0.05) is 41.1 Å². The van der Waals surface area contributed by atoms with Gasteiger partial charge >= 0.3 is 5.97 Å². The number of halogens is 1. The second-order valence-corrected chi connectivity index (χ2v) is 8.50. The molecule has 2 aromatic carbocycles. The quantitative estimate of drug-likeness (QED) is 0.592. The number of benzene rings is 2. The third kappa shape index (κ3) is 3.83. The van der Waals surface area contributed by atoms with Crippen LogP contribution in [-0.2, 0) is 9.53 Å². The highest BCUT2D eigenvalue weighted by Crippen LogP contribution is 2.31. The lowest BCUT2D eigenvalue weighted by Gasteiger charge is -2.24. The lowest BCUT2D eigenvalue weighted by atomic mass is 9.96. The molecular formula is C23H19ClN2O5S. The Morgan fingerprint density at radius 3 is 2.59 bits per heavy atom. The molecule has 4 rings (SSSR count). The van der Waals surface area contributed by atoms with Crippen LogP contribution in [0.4, 0.5) is 0 Å². The van der Waals surface area contributed by atoms with Gasteiger partial charge < -0.3 is 14.6 Å². The van der Waals surface area contributed by atoms with Crippen LogP contribution < -0.4 is 19.6 Å². The summed E-state index contributed by atoms with van der Waals surface area (Å²) in [5.74, 6) is -0.245. The number of phenolic OH excluding ortho intramolecular Hbond substituents is 1. The molecule has 1 aliphatic rings. The number of aromatic hydroxyl groups is 1. The fourth-order valence-electron chi connectivity index (χ4n) is 3.59. The number of carbonyl (C=O) groups excluding carboxylic acids is 1. The van der Waals surface area contributed by atoms with E-state index in [1.807, 2.05) is 0 Å². The smallest absolute Gasteiger partial charge is 0.338 e. The molecule has 0 saturated carbocycles. The van der Waals surface area contributed by atoms with Gasteiger partial charge in [0, 0.05) is 5.02 Å². The first-order valence-corrected chi connectivity index (χ1v) is 10.8. The molecule has 0 fully saturated rings. The predicted octanol–water partition coefficient (Wildman–Crippen LogP) is 2.78. The standard InChI is InChI=1S/C23H19ClN2O5S/c1-12-19(22(29)31-3)20(14-5-7-15(24)8-6-14)26-21(28)18(32-23(26)25-12)11-13-4-9-16(27)17(10-13)30-2/h4-11,20,27H,1-3H3/b18-11-/t20-/m1/s1. The molecule has 2 heterocycles. The highest BCUT2D eigenvalue weighted by Gasteiger charge is 2.33. The first kappa shape index (κ1) is 21.9. The number of aromatic nitrogens is 1. The molecule has 0 saturated heterocycles. The Bertz CT molecular complexity index is 1420. The van der Waals surface area contributed by atoms with Crippen molar-refractivity contribution in [2.45, 2.75) is 13.0 Å². The Balaban J connectivity index is 1.95. The Labute approximate surface area is 192 Å². The molecule has 0 bridgehead atoms. The van der Waals surface area contributed by atoms with Gasteiger partial charge in [0.2, 0.25) is 0 Å². The molecule has 7 nitrogen and oxygen atoms in total. The van der Waals surface area contributed by atoms with Crippen molar-refractivity contribution in [2.75, 3.05) is 14.2 Å². The number of rotatable bonds is 4. The topological polar surface area (TPSA) is 90.1 Å². The van der Waals surface area contributed by atoms with Crippen LogP contribution in [-0.4, -0.2) is 29.9 Å². The van der Waals surface area contributed by atoms with Gasteiger partial charge in [-0.25, -0.2) is 9.79 Å². The van der Waals surface area contributed by atoms with E-state index in [4.69, 9.17) is 21.1 Å². The van der Waals surface area contributed by atoms with E-state index in [1.54, 1.807) is 49.4 Å². The van der Waals surface area contributed by atoms with Crippen LogP contribution in [0.2, 0.25) is 5.02 Å². The van der Waals surface area contributed by atoms with Crippen LogP contribution >= 0.6 is 22.9 Å². The maximum absolute atomic E-state index is 13.5. The first-order chi connectivity index (χ1) is 15.3. The Kier molecular flexibility index (Phi) is 5.90. The van der Waals surface area contributed by atoms with Crippen LogP contribution in [0.25, 0.3) is 6.08 Å². The summed E-state index contributed by atoms with van der Waals surface area (Å²) in [5.41, 5.74) is 1.87. The Hall–Kier alpha value is -3.36. The van der Waals surface area contributed by atoms with Crippen molar-refractivity contribution >= 4 is 35.0 Å². The summed E-state index contributed by atoms with van der Waals surface area (Å²) in [6.07, 6.45) is 1.70. The third-order valence-electron chi connectivity index (χ3n) is 5.11. The number of thiazole rings is 1. The summed E-state index contributed by atoms with van der Waals surface area (Å²) in [5, 5.41) is 10.4. The molecule has 1 N–H and O–H groups in total. The third-order valence-corrected chi connectivity index (χ3v) is 6.35. The lowest BCUT2D eigenvalue weighted by Crippen LogP contribution is -2.39.